The van der Waals surface area contributed by atoms with Crippen LogP contribution < -0.4 is 10.6 Å². The highest BCUT2D eigenvalue weighted by molar-refractivity contribution is 5.98. The van der Waals surface area contributed by atoms with Crippen molar-refractivity contribution in [1.82, 2.24) is 14.9 Å². The molecular formula is C8H12N4O. The number of rotatable bonds is 1. The lowest BCUT2D eigenvalue weighted by molar-refractivity contribution is 0.0948. The molecule has 0 atom stereocenters. The summed E-state index contributed by atoms with van der Waals surface area (Å²) in [5, 5.41) is 5.76. The van der Waals surface area contributed by atoms with Gasteiger partial charge >= 0.3 is 0 Å². The van der Waals surface area contributed by atoms with Gasteiger partial charge in [0.15, 0.2) is 5.69 Å². The van der Waals surface area contributed by atoms with E-state index in [9.17, 15) is 4.79 Å². The molecule has 1 amide bonds. The number of amides is 1. The van der Waals surface area contributed by atoms with E-state index in [0.717, 1.165) is 5.82 Å². The minimum atomic E-state index is -0.104. The van der Waals surface area contributed by atoms with E-state index in [1.807, 2.05) is 4.57 Å². The van der Waals surface area contributed by atoms with E-state index in [-0.39, 0.29) is 5.91 Å². The number of carbonyl (C=O) groups is 1. The summed E-state index contributed by atoms with van der Waals surface area (Å²) in [6.07, 6.45) is 1.69. The highest BCUT2D eigenvalue weighted by atomic mass is 16.2. The molecule has 13 heavy (non-hydrogen) atoms. The van der Waals surface area contributed by atoms with Crippen LogP contribution in [0.2, 0.25) is 0 Å². The zero-order valence-corrected chi connectivity index (χ0v) is 7.66. The van der Waals surface area contributed by atoms with Gasteiger partial charge in [-0.1, -0.05) is 0 Å². The van der Waals surface area contributed by atoms with Crippen LogP contribution in [0.5, 0.6) is 0 Å². The lowest BCUT2D eigenvalue weighted by atomic mass is 10.3. The number of hydrogen-bond donors (Lipinski definition) is 2. The fourth-order valence-electron chi connectivity index (χ4n) is 1.39. The summed E-state index contributed by atoms with van der Waals surface area (Å²) in [6, 6.07) is 0.314. The van der Waals surface area contributed by atoms with Crippen molar-refractivity contribution in [3.63, 3.8) is 0 Å². The Kier molecular flexibility index (Phi) is 1.72. The van der Waals surface area contributed by atoms with E-state index in [0.29, 0.717) is 18.4 Å². The Labute approximate surface area is 76.2 Å². The summed E-state index contributed by atoms with van der Waals surface area (Å²) in [7, 11) is 0. The molecule has 1 aliphatic heterocycles. The Balaban J connectivity index is 2.47. The van der Waals surface area contributed by atoms with Gasteiger partial charge < -0.3 is 15.2 Å². The minimum absolute atomic E-state index is 0.104. The number of aromatic nitrogens is 2. The van der Waals surface area contributed by atoms with Crippen LogP contribution in [0.4, 0.5) is 5.82 Å². The topological polar surface area (TPSA) is 59.0 Å². The largest absolute Gasteiger partial charge is 0.352 e. The first-order valence-corrected chi connectivity index (χ1v) is 4.29. The molecule has 5 nitrogen and oxygen atoms in total. The number of nitrogens with zero attached hydrogens (tertiary/aromatic N) is 2. The first-order chi connectivity index (χ1) is 6.20. The summed E-state index contributed by atoms with van der Waals surface area (Å²) in [5.74, 6) is 0.715. The van der Waals surface area contributed by atoms with E-state index in [1.165, 1.54) is 0 Å². The Hall–Kier alpha value is -1.52. The molecule has 0 bridgehead atoms. The van der Waals surface area contributed by atoms with Crippen LogP contribution in [0.25, 0.3) is 0 Å². The number of nitrogens with one attached hydrogen (secondary N) is 2. The van der Waals surface area contributed by atoms with Crippen LogP contribution in [0.1, 0.15) is 30.4 Å². The molecule has 0 saturated carbocycles. The standard InChI is InChI=1S/C8H12N4O/c1-5(2)12-4-11-6-7(12)9-3-10-8(6)13/h4-5,9H,3H2,1-2H3,(H,10,13). The molecule has 0 unspecified atom stereocenters. The van der Waals surface area contributed by atoms with Gasteiger partial charge in [-0.25, -0.2) is 4.98 Å². The molecule has 0 spiro atoms. The van der Waals surface area contributed by atoms with Gasteiger partial charge in [0.25, 0.3) is 5.91 Å². The number of hydrogen-bond acceptors (Lipinski definition) is 3. The fourth-order valence-corrected chi connectivity index (χ4v) is 1.39. The van der Waals surface area contributed by atoms with Crippen LogP contribution in [0.3, 0.4) is 0 Å². The van der Waals surface area contributed by atoms with Crippen LogP contribution >= 0.6 is 0 Å². The van der Waals surface area contributed by atoms with E-state index in [2.05, 4.69) is 29.5 Å². The summed E-state index contributed by atoms with van der Waals surface area (Å²) < 4.78 is 1.95. The second kappa shape index (κ2) is 2.76. The third-order valence-electron chi connectivity index (χ3n) is 2.07. The van der Waals surface area contributed by atoms with E-state index in [4.69, 9.17) is 0 Å². The van der Waals surface area contributed by atoms with E-state index >= 15 is 0 Å². The highest BCUT2D eigenvalue weighted by Gasteiger charge is 2.22. The fraction of sp³-hybridized carbons (Fsp3) is 0.500. The van der Waals surface area contributed by atoms with Crippen LogP contribution in [0, 0.1) is 0 Å². The third-order valence-corrected chi connectivity index (χ3v) is 2.07. The molecular weight excluding hydrogens is 168 g/mol. The summed E-state index contributed by atoms with van der Waals surface area (Å²) >= 11 is 0. The molecule has 5 heteroatoms. The molecule has 0 fully saturated rings. The second-order valence-corrected chi connectivity index (χ2v) is 3.30. The van der Waals surface area contributed by atoms with Gasteiger partial charge in [-0.3, -0.25) is 4.79 Å². The average Bonchev–Trinajstić information content (AvgIpc) is 2.48. The number of imidazole rings is 1. The monoisotopic (exact) mass is 180 g/mol. The maximum absolute atomic E-state index is 11.3. The van der Waals surface area contributed by atoms with Crippen LogP contribution in [-0.4, -0.2) is 22.1 Å². The van der Waals surface area contributed by atoms with Crippen molar-refractivity contribution in [2.24, 2.45) is 0 Å². The third kappa shape index (κ3) is 1.16. The molecule has 2 rings (SSSR count). The zero-order valence-electron chi connectivity index (χ0n) is 7.66. The molecule has 70 valence electrons. The number of carbonyl (C=O) groups excluding carboxylic acids is 1. The molecule has 1 aromatic heterocycles. The first kappa shape index (κ1) is 8.10. The van der Waals surface area contributed by atoms with Crippen molar-refractivity contribution in [2.75, 3.05) is 12.0 Å². The summed E-state index contributed by atoms with van der Waals surface area (Å²) in [5.41, 5.74) is 0.486. The predicted molar refractivity (Wildman–Crippen MR) is 48.6 cm³/mol. The molecule has 0 saturated heterocycles. The van der Waals surface area contributed by atoms with Crippen molar-refractivity contribution in [3.8, 4) is 0 Å². The van der Waals surface area contributed by atoms with Crippen molar-refractivity contribution in [2.45, 2.75) is 19.9 Å². The molecule has 2 N–H and O–H groups in total. The quantitative estimate of drug-likeness (QED) is 0.664. The summed E-state index contributed by atoms with van der Waals surface area (Å²) in [4.78, 5) is 15.3. The minimum Gasteiger partial charge on any atom is -0.352 e. The second-order valence-electron chi connectivity index (χ2n) is 3.30. The van der Waals surface area contributed by atoms with Crippen molar-refractivity contribution in [1.29, 1.82) is 0 Å². The average molecular weight is 180 g/mol. The Morgan fingerprint density at radius 2 is 2.31 bits per heavy atom. The Morgan fingerprint density at radius 3 is 3.00 bits per heavy atom. The SMILES string of the molecule is CC(C)n1cnc2c1NCNC2=O. The Bertz CT molecular complexity index is 342. The van der Waals surface area contributed by atoms with Gasteiger partial charge in [-0.2, -0.15) is 0 Å². The zero-order chi connectivity index (χ0) is 9.42. The molecule has 0 radical (unpaired) electrons. The first-order valence-electron chi connectivity index (χ1n) is 4.29. The normalized spacial score (nSPS) is 15.2. The lowest BCUT2D eigenvalue weighted by Gasteiger charge is -2.18. The maximum Gasteiger partial charge on any atom is 0.275 e. The van der Waals surface area contributed by atoms with Crippen molar-refractivity contribution in [3.05, 3.63) is 12.0 Å². The smallest absolute Gasteiger partial charge is 0.275 e. The van der Waals surface area contributed by atoms with Crippen LogP contribution in [-0.2, 0) is 0 Å². The Morgan fingerprint density at radius 1 is 1.54 bits per heavy atom. The van der Waals surface area contributed by atoms with Gasteiger partial charge in [-0.05, 0) is 13.8 Å². The van der Waals surface area contributed by atoms with Crippen molar-refractivity contribution >= 4 is 11.7 Å². The summed E-state index contributed by atoms with van der Waals surface area (Å²) in [6.45, 7) is 4.58. The highest BCUT2D eigenvalue weighted by Crippen LogP contribution is 2.20. The van der Waals surface area contributed by atoms with Crippen LogP contribution in [0.15, 0.2) is 6.33 Å². The molecule has 2 heterocycles. The van der Waals surface area contributed by atoms with Gasteiger partial charge in [0.2, 0.25) is 0 Å². The van der Waals surface area contributed by atoms with Gasteiger partial charge in [-0.15, -0.1) is 0 Å². The van der Waals surface area contributed by atoms with E-state index in [1.54, 1.807) is 6.33 Å². The lowest BCUT2D eigenvalue weighted by Crippen LogP contribution is -2.35. The number of fused-ring (bicyclic) bond motifs is 1. The molecule has 0 aromatic carbocycles. The number of anilines is 1. The van der Waals surface area contributed by atoms with Gasteiger partial charge in [0.05, 0.1) is 13.0 Å². The molecule has 0 aliphatic carbocycles. The molecule has 1 aliphatic rings. The van der Waals surface area contributed by atoms with Crippen molar-refractivity contribution < 1.29 is 4.79 Å². The maximum atomic E-state index is 11.3. The predicted octanol–water partition coefficient (Wildman–Crippen LogP) is 0.577. The molecule has 1 aromatic rings. The van der Waals surface area contributed by atoms with Gasteiger partial charge in [0, 0.05) is 6.04 Å². The van der Waals surface area contributed by atoms with E-state index < -0.39 is 0 Å². The van der Waals surface area contributed by atoms with Gasteiger partial charge in [0.1, 0.15) is 5.82 Å².